The predicted molar refractivity (Wildman–Crippen MR) is 100 cm³/mol. The summed E-state index contributed by atoms with van der Waals surface area (Å²) in [6, 6.07) is 3.03. The van der Waals surface area contributed by atoms with Crippen LogP contribution in [0.1, 0.15) is 44.1 Å². The molecule has 2 fully saturated rings. The highest BCUT2D eigenvalue weighted by Crippen LogP contribution is 2.29. The topological polar surface area (TPSA) is 31.4 Å². The van der Waals surface area contributed by atoms with E-state index < -0.39 is 11.7 Å². The first-order chi connectivity index (χ1) is 12.4. The van der Waals surface area contributed by atoms with Crippen molar-refractivity contribution in [1.29, 1.82) is 0 Å². The lowest BCUT2D eigenvalue weighted by Crippen LogP contribution is -2.46. The molecule has 0 aromatic carbocycles. The van der Waals surface area contributed by atoms with Crippen molar-refractivity contribution >= 4 is 23.1 Å². The Hall–Kier alpha value is -1.57. The molecular weight excluding hydrogens is 361 g/mol. The first-order valence-corrected chi connectivity index (χ1v) is 9.68. The van der Waals surface area contributed by atoms with Gasteiger partial charge in [0.15, 0.2) is 5.11 Å². The molecule has 144 valence electrons. The molecule has 1 saturated carbocycles. The van der Waals surface area contributed by atoms with E-state index in [2.05, 4.69) is 15.2 Å². The second-order valence-electron chi connectivity index (χ2n) is 7.01. The summed E-state index contributed by atoms with van der Waals surface area (Å²) in [5, 5.41) is 4.30. The zero-order valence-electron chi connectivity index (χ0n) is 14.8. The van der Waals surface area contributed by atoms with Gasteiger partial charge >= 0.3 is 6.18 Å². The minimum Gasteiger partial charge on any atom is -0.360 e. The van der Waals surface area contributed by atoms with Gasteiger partial charge in [0.2, 0.25) is 0 Å². The molecule has 2 heterocycles. The Labute approximate surface area is 157 Å². The first kappa shape index (κ1) is 19.2. The fourth-order valence-electron chi connectivity index (χ4n) is 3.60. The van der Waals surface area contributed by atoms with E-state index in [9.17, 15) is 13.2 Å². The number of thiocarbonyl (C=S) groups is 1. The van der Waals surface area contributed by atoms with Crippen molar-refractivity contribution in [1.82, 2.24) is 15.2 Å². The number of nitrogens with one attached hydrogen (secondary N) is 1. The minimum atomic E-state index is -4.35. The second-order valence-corrected chi connectivity index (χ2v) is 7.40. The Morgan fingerprint density at radius 3 is 2.46 bits per heavy atom. The molecule has 0 unspecified atom stereocenters. The lowest BCUT2D eigenvalue weighted by Gasteiger charge is -2.30. The zero-order chi connectivity index (χ0) is 18.6. The minimum absolute atomic E-state index is 0.479. The molecule has 0 amide bonds. The number of alkyl halides is 3. The molecule has 3 rings (SSSR count). The van der Waals surface area contributed by atoms with Gasteiger partial charge in [-0.1, -0.05) is 19.3 Å². The molecule has 1 aliphatic heterocycles. The van der Waals surface area contributed by atoms with E-state index in [1.54, 1.807) is 0 Å². The largest absolute Gasteiger partial charge is 0.417 e. The maximum absolute atomic E-state index is 12.7. The summed E-state index contributed by atoms with van der Waals surface area (Å²) in [7, 11) is 0. The maximum atomic E-state index is 12.7. The molecule has 0 atom stereocenters. The fraction of sp³-hybridized carbons (Fsp3) is 0.667. The van der Waals surface area contributed by atoms with E-state index in [1.165, 1.54) is 38.2 Å². The van der Waals surface area contributed by atoms with Crippen LogP contribution in [0.25, 0.3) is 0 Å². The summed E-state index contributed by atoms with van der Waals surface area (Å²) >= 11 is 5.58. The molecule has 0 spiro atoms. The van der Waals surface area contributed by atoms with Crippen LogP contribution in [0.15, 0.2) is 18.3 Å². The van der Waals surface area contributed by atoms with Crippen LogP contribution in [0.5, 0.6) is 0 Å². The van der Waals surface area contributed by atoms with Gasteiger partial charge in [0.25, 0.3) is 0 Å². The molecule has 1 aromatic heterocycles. The van der Waals surface area contributed by atoms with Gasteiger partial charge in [-0.05, 0) is 43.6 Å². The third-order valence-corrected chi connectivity index (χ3v) is 5.49. The average Bonchev–Trinajstić information content (AvgIpc) is 2.88. The first-order valence-electron chi connectivity index (χ1n) is 9.27. The summed E-state index contributed by atoms with van der Waals surface area (Å²) in [5.74, 6) is 0.589. The number of aromatic nitrogens is 1. The van der Waals surface area contributed by atoms with Gasteiger partial charge in [-0.2, -0.15) is 13.2 Å². The SMILES string of the molecule is FC(F)(F)c1ccc(N2CCCN(C(=S)NC3CCCCC3)CC2)nc1. The van der Waals surface area contributed by atoms with Gasteiger partial charge in [0.1, 0.15) is 5.82 Å². The highest BCUT2D eigenvalue weighted by atomic mass is 32.1. The maximum Gasteiger partial charge on any atom is 0.417 e. The molecule has 2 aliphatic rings. The molecule has 1 saturated heterocycles. The van der Waals surface area contributed by atoms with Crippen LogP contribution in [0.4, 0.5) is 19.0 Å². The van der Waals surface area contributed by atoms with Crippen LogP contribution in [-0.2, 0) is 6.18 Å². The number of nitrogens with zero attached hydrogens (tertiary/aromatic N) is 3. The van der Waals surface area contributed by atoms with Crippen LogP contribution in [0.2, 0.25) is 0 Å². The number of rotatable bonds is 2. The number of halogens is 3. The van der Waals surface area contributed by atoms with Gasteiger partial charge in [0.05, 0.1) is 5.56 Å². The molecule has 1 N–H and O–H groups in total. The Bertz CT molecular complexity index is 599. The molecular formula is C18H25F3N4S. The summed E-state index contributed by atoms with van der Waals surface area (Å²) in [5.41, 5.74) is -0.712. The number of hydrogen-bond donors (Lipinski definition) is 1. The molecule has 26 heavy (non-hydrogen) atoms. The normalized spacial score (nSPS) is 20.0. The molecule has 0 radical (unpaired) electrons. The van der Waals surface area contributed by atoms with Crippen molar-refractivity contribution in [3.05, 3.63) is 23.9 Å². The third kappa shape index (κ3) is 4.99. The highest BCUT2D eigenvalue weighted by molar-refractivity contribution is 7.80. The van der Waals surface area contributed by atoms with Gasteiger partial charge in [-0.15, -0.1) is 0 Å². The van der Waals surface area contributed by atoms with Crippen LogP contribution >= 0.6 is 12.2 Å². The number of pyridine rings is 1. The lowest BCUT2D eigenvalue weighted by atomic mass is 9.96. The van der Waals surface area contributed by atoms with Crippen molar-refractivity contribution < 1.29 is 13.2 Å². The molecule has 1 aliphatic carbocycles. The summed E-state index contributed by atoms with van der Waals surface area (Å²) in [6.45, 7) is 3.07. The summed E-state index contributed by atoms with van der Waals surface area (Å²) < 4.78 is 38.0. The van der Waals surface area contributed by atoms with Crippen molar-refractivity contribution in [2.45, 2.75) is 50.7 Å². The van der Waals surface area contributed by atoms with Crippen LogP contribution in [-0.4, -0.2) is 47.2 Å². The summed E-state index contributed by atoms with van der Waals surface area (Å²) in [4.78, 5) is 8.22. The van der Waals surface area contributed by atoms with Crippen LogP contribution in [0.3, 0.4) is 0 Å². The van der Waals surface area contributed by atoms with Crippen molar-refractivity contribution in [2.75, 3.05) is 31.1 Å². The average molecular weight is 386 g/mol. The monoisotopic (exact) mass is 386 g/mol. The van der Waals surface area contributed by atoms with E-state index in [1.807, 2.05) is 4.90 Å². The van der Waals surface area contributed by atoms with E-state index in [4.69, 9.17) is 12.2 Å². The zero-order valence-corrected chi connectivity index (χ0v) is 15.6. The van der Waals surface area contributed by atoms with Gasteiger partial charge < -0.3 is 15.1 Å². The Balaban J connectivity index is 1.55. The third-order valence-electron chi connectivity index (χ3n) is 5.12. The van der Waals surface area contributed by atoms with Gasteiger partial charge in [0, 0.05) is 38.4 Å². The van der Waals surface area contributed by atoms with Crippen molar-refractivity contribution in [3.8, 4) is 0 Å². The standard InChI is InChI=1S/C18H25F3N4S/c19-18(20,21)14-7-8-16(22-13-14)24-9-4-10-25(12-11-24)17(26)23-15-5-2-1-3-6-15/h7-8,13,15H,1-6,9-12H2,(H,23,26). The lowest BCUT2D eigenvalue weighted by molar-refractivity contribution is -0.137. The highest BCUT2D eigenvalue weighted by Gasteiger charge is 2.31. The smallest absolute Gasteiger partial charge is 0.360 e. The molecule has 0 bridgehead atoms. The van der Waals surface area contributed by atoms with E-state index in [0.717, 1.165) is 43.4 Å². The Kier molecular flexibility index (Phi) is 6.21. The number of anilines is 1. The second kappa shape index (κ2) is 8.41. The van der Waals surface area contributed by atoms with Gasteiger partial charge in [-0.3, -0.25) is 0 Å². The molecule has 8 heteroatoms. The van der Waals surface area contributed by atoms with Crippen LogP contribution in [0, 0.1) is 0 Å². The molecule has 1 aromatic rings. The van der Waals surface area contributed by atoms with Crippen LogP contribution < -0.4 is 10.2 Å². The predicted octanol–water partition coefficient (Wildman–Crippen LogP) is 3.82. The van der Waals surface area contributed by atoms with E-state index in [-0.39, 0.29) is 0 Å². The van der Waals surface area contributed by atoms with Gasteiger partial charge in [-0.25, -0.2) is 4.98 Å². The van der Waals surface area contributed by atoms with E-state index in [0.29, 0.717) is 18.4 Å². The Morgan fingerprint density at radius 2 is 1.81 bits per heavy atom. The quantitative estimate of drug-likeness (QED) is 0.781. The van der Waals surface area contributed by atoms with Crippen molar-refractivity contribution in [2.24, 2.45) is 0 Å². The van der Waals surface area contributed by atoms with Crippen molar-refractivity contribution in [3.63, 3.8) is 0 Å². The number of hydrogen-bond acceptors (Lipinski definition) is 3. The summed E-state index contributed by atoms with van der Waals surface area (Å²) in [6.07, 6.45) is 3.64. The van der Waals surface area contributed by atoms with E-state index >= 15 is 0 Å². The Morgan fingerprint density at radius 1 is 1.04 bits per heavy atom. The molecule has 4 nitrogen and oxygen atoms in total. The fourth-order valence-corrected chi connectivity index (χ4v) is 3.95.